The third-order valence-electron chi connectivity index (χ3n) is 4.83. The standard InChI is InChI=1S/C22H31N7O4S/c1-22(2,23)21(30)24-19(15-33-14-17-7-5-4-6-8-17)20-25-27-28-29(20)13-16-9-11-18(12-10-16)26-34(3,31)32/h4-12,19,26-28H,13-15,23H2,1-3H3,(H,24,30)/t19-/m1/s1. The first-order chi connectivity index (χ1) is 16.0. The third-order valence-corrected chi connectivity index (χ3v) is 5.43. The van der Waals surface area contributed by atoms with Crippen LogP contribution in [0.2, 0.25) is 0 Å². The first-order valence-electron chi connectivity index (χ1n) is 10.7. The first-order valence-corrected chi connectivity index (χ1v) is 12.5. The molecule has 1 atom stereocenters. The van der Waals surface area contributed by atoms with Crippen LogP contribution in [0.15, 0.2) is 59.7 Å². The van der Waals surface area contributed by atoms with E-state index in [1.807, 2.05) is 30.3 Å². The van der Waals surface area contributed by atoms with Crippen molar-refractivity contribution in [3.63, 3.8) is 0 Å². The molecule has 2 aromatic carbocycles. The number of amides is 1. The van der Waals surface area contributed by atoms with Crippen LogP contribution in [0, 0.1) is 0 Å². The molecular formula is C22H31N7O4S. The zero-order valence-electron chi connectivity index (χ0n) is 19.4. The van der Waals surface area contributed by atoms with Crippen molar-refractivity contribution >= 4 is 27.5 Å². The summed E-state index contributed by atoms with van der Waals surface area (Å²) in [4.78, 5) is 12.6. The molecule has 12 heteroatoms. The molecule has 3 rings (SSSR count). The van der Waals surface area contributed by atoms with E-state index in [1.54, 1.807) is 43.1 Å². The van der Waals surface area contributed by atoms with Crippen molar-refractivity contribution in [2.45, 2.75) is 38.6 Å². The Morgan fingerprint density at radius 1 is 1.15 bits per heavy atom. The van der Waals surface area contributed by atoms with E-state index in [2.05, 4.69) is 26.2 Å². The number of hydrogen-bond acceptors (Lipinski definition) is 9. The molecule has 184 valence electrons. The van der Waals surface area contributed by atoms with Gasteiger partial charge in [-0.1, -0.05) is 42.5 Å². The number of nitrogens with two attached hydrogens (primary N) is 1. The number of ether oxygens (including phenoxy) is 1. The molecule has 1 aliphatic heterocycles. The predicted molar refractivity (Wildman–Crippen MR) is 130 cm³/mol. The summed E-state index contributed by atoms with van der Waals surface area (Å²) in [5.41, 5.74) is 12.9. The summed E-state index contributed by atoms with van der Waals surface area (Å²) in [6.45, 7) is 4.19. The summed E-state index contributed by atoms with van der Waals surface area (Å²) in [6, 6.07) is 16.1. The number of nitrogens with one attached hydrogen (secondary N) is 4. The lowest BCUT2D eigenvalue weighted by Crippen LogP contribution is -2.58. The molecule has 0 aliphatic carbocycles. The van der Waals surface area contributed by atoms with Crippen molar-refractivity contribution in [3.05, 3.63) is 65.7 Å². The van der Waals surface area contributed by atoms with Gasteiger partial charge in [-0.05, 0) is 37.1 Å². The van der Waals surface area contributed by atoms with Crippen LogP contribution in [-0.4, -0.2) is 49.6 Å². The SMILES string of the molecule is CC(C)(N)C(=O)N[C@H](COCc1ccccc1)C1=NNNN1Cc1ccc(NS(C)(=O)=O)cc1. The van der Waals surface area contributed by atoms with Crippen molar-refractivity contribution in [2.24, 2.45) is 10.8 Å². The Morgan fingerprint density at radius 3 is 2.44 bits per heavy atom. The first kappa shape index (κ1) is 25.4. The van der Waals surface area contributed by atoms with Gasteiger partial charge in [0.05, 0.1) is 31.6 Å². The number of hydrogen-bond donors (Lipinski definition) is 5. The van der Waals surface area contributed by atoms with Gasteiger partial charge in [0.1, 0.15) is 6.04 Å². The quantitative estimate of drug-likeness (QED) is 0.309. The van der Waals surface area contributed by atoms with Crippen LogP contribution in [0.4, 0.5) is 5.69 Å². The zero-order chi connectivity index (χ0) is 24.8. The van der Waals surface area contributed by atoms with Crippen LogP contribution in [0.3, 0.4) is 0 Å². The van der Waals surface area contributed by atoms with E-state index in [0.29, 0.717) is 24.7 Å². The average molecular weight is 490 g/mol. The van der Waals surface area contributed by atoms with E-state index in [-0.39, 0.29) is 12.5 Å². The summed E-state index contributed by atoms with van der Waals surface area (Å²) >= 11 is 0. The normalized spacial score (nSPS) is 14.8. The minimum absolute atomic E-state index is 0.173. The Kier molecular flexibility index (Phi) is 8.10. The van der Waals surface area contributed by atoms with E-state index in [9.17, 15) is 13.2 Å². The number of hydrazone groups is 1. The number of carbonyl (C=O) groups is 1. The smallest absolute Gasteiger partial charge is 0.240 e. The van der Waals surface area contributed by atoms with Gasteiger partial charge >= 0.3 is 0 Å². The van der Waals surface area contributed by atoms with E-state index in [0.717, 1.165) is 17.4 Å². The number of benzene rings is 2. The maximum Gasteiger partial charge on any atom is 0.240 e. The molecule has 1 aliphatic rings. The van der Waals surface area contributed by atoms with Crippen molar-refractivity contribution in [1.29, 1.82) is 0 Å². The molecule has 1 amide bonds. The second-order valence-electron chi connectivity index (χ2n) is 8.60. The molecule has 0 spiro atoms. The largest absolute Gasteiger partial charge is 0.374 e. The number of sulfonamides is 1. The summed E-state index contributed by atoms with van der Waals surface area (Å²) < 4.78 is 31.1. The van der Waals surface area contributed by atoms with Gasteiger partial charge in [-0.25, -0.2) is 14.0 Å². The monoisotopic (exact) mass is 489 g/mol. The molecule has 0 saturated heterocycles. The Morgan fingerprint density at radius 2 is 1.82 bits per heavy atom. The van der Waals surface area contributed by atoms with Crippen molar-refractivity contribution in [3.8, 4) is 0 Å². The molecule has 2 aromatic rings. The minimum Gasteiger partial charge on any atom is -0.374 e. The average Bonchev–Trinajstić information content (AvgIpc) is 3.21. The fourth-order valence-corrected chi connectivity index (χ4v) is 3.68. The van der Waals surface area contributed by atoms with E-state index in [1.165, 1.54) is 0 Å². The van der Waals surface area contributed by atoms with Crippen LogP contribution in [0.1, 0.15) is 25.0 Å². The van der Waals surface area contributed by atoms with E-state index < -0.39 is 21.6 Å². The molecule has 0 unspecified atom stereocenters. The predicted octanol–water partition coefficient (Wildman–Crippen LogP) is 0.635. The molecule has 0 saturated carbocycles. The Hall–Kier alpha value is -3.19. The topological polar surface area (TPSA) is 150 Å². The molecule has 11 nitrogen and oxygen atoms in total. The highest BCUT2D eigenvalue weighted by atomic mass is 32.2. The second kappa shape index (κ2) is 10.8. The van der Waals surface area contributed by atoms with Gasteiger partial charge in [0, 0.05) is 5.69 Å². The van der Waals surface area contributed by atoms with Crippen LogP contribution in [0.5, 0.6) is 0 Å². The molecule has 34 heavy (non-hydrogen) atoms. The highest BCUT2D eigenvalue weighted by Gasteiger charge is 2.31. The van der Waals surface area contributed by atoms with E-state index >= 15 is 0 Å². The molecule has 1 heterocycles. The van der Waals surface area contributed by atoms with Crippen LogP contribution in [-0.2, 0) is 32.7 Å². The fourth-order valence-electron chi connectivity index (χ4n) is 3.12. The summed E-state index contributed by atoms with van der Waals surface area (Å²) in [5, 5.41) is 8.95. The third kappa shape index (κ3) is 7.70. The van der Waals surface area contributed by atoms with Crippen LogP contribution >= 0.6 is 0 Å². The zero-order valence-corrected chi connectivity index (χ0v) is 20.2. The summed E-state index contributed by atoms with van der Waals surface area (Å²) in [6.07, 6.45) is 1.10. The van der Waals surface area contributed by atoms with Gasteiger partial charge in [0.2, 0.25) is 15.9 Å². The van der Waals surface area contributed by atoms with Gasteiger partial charge in [-0.15, -0.1) is 10.6 Å². The Bertz CT molecular complexity index is 1100. The van der Waals surface area contributed by atoms with Crippen LogP contribution < -0.4 is 26.8 Å². The highest BCUT2D eigenvalue weighted by Crippen LogP contribution is 2.14. The number of carbonyl (C=O) groups excluding carboxylic acids is 1. The molecule has 0 radical (unpaired) electrons. The van der Waals surface area contributed by atoms with Gasteiger partial charge < -0.3 is 15.8 Å². The second-order valence-corrected chi connectivity index (χ2v) is 10.3. The molecule has 6 N–H and O–H groups in total. The van der Waals surface area contributed by atoms with Gasteiger partial charge in [-0.3, -0.25) is 14.5 Å². The Labute approximate surface area is 199 Å². The number of amidine groups is 1. The maximum absolute atomic E-state index is 12.6. The molecule has 0 bridgehead atoms. The summed E-state index contributed by atoms with van der Waals surface area (Å²) in [7, 11) is -3.35. The van der Waals surface area contributed by atoms with Crippen molar-refractivity contribution < 1.29 is 17.9 Å². The number of nitrogens with zero attached hydrogens (tertiary/aromatic N) is 2. The maximum atomic E-state index is 12.6. The lowest BCUT2D eigenvalue weighted by atomic mass is 10.1. The van der Waals surface area contributed by atoms with Crippen LogP contribution in [0.25, 0.3) is 0 Å². The Balaban J connectivity index is 1.69. The van der Waals surface area contributed by atoms with Crippen molar-refractivity contribution in [1.82, 2.24) is 21.4 Å². The number of anilines is 1. The lowest BCUT2D eigenvalue weighted by molar-refractivity contribution is -0.126. The molecular weight excluding hydrogens is 458 g/mol. The van der Waals surface area contributed by atoms with E-state index in [4.69, 9.17) is 10.5 Å². The summed E-state index contributed by atoms with van der Waals surface area (Å²) in [5.74, 6) is 0.176. The highest BCUT2D eigenvalue weighted by molar-refractivity contribution is 7.92. The fraction of sp³-hybridized carbons (Fsp3) is 0.364. The van der Waals surface area contributed by atoms with Gasteiger partial charge in [0.25, 0.3) is 0 Å². The lowest BCUT2D eigenvalue weighted by Gasteiger charge is -2.28. The van der Waals surface area contributed by atoms with Gasteiger partial charge in [-0.2, -0.15) is 0 Å². The van der Waals surface area contributed by atoms with Gasteiger partial charge in [0.15, 0.2) is 5.84 Å². The van der Waals surface area contributed by atoms with Crippen molar-refractivity contribution in [2.75, 3.05) is 17.6 Å². The number of rotatable bonds is 11. The molecule has 0 fully saturated rings. The molecule has 0 aromatic heterocycles. The number of hydrazine groups is 2. The minimum atomic E-state index is -3.35.